The maximum atomic E-state index is 5.97. The van der Waals surface area contributed by atoms with Gasteiger partial charge in [0.25, 0.3) is 0 Å². The van der Waals surface area contributed by atoms with E-state index >= 15 is 0 Å². The van der Waals surface area contributed by atoms with E-state index in [2.05, 4.69) is 30.8 Å². The Kier molecular flexibility index (Phi) is 5.82. The van der Waals surface area contributed by atoms with Crippen LogP contribution < -0.4 is 10.6 Å². The molecular weight excluding hydrogens is 240 g/mol. The summed E-state index contributed by atoms with van der Waals surface area (Å²) in [7, 11) is 3.73. The van der Waals surface area contributed by atoms with Crippen LogP contribution in [0.3, 0.4) is 0 Å². The topological polar surface area (TPSA) is 56.3 Å². The second-order valence-corrected chi connectivity index (χ2v) is 5.47. The van der Waals surface area contributed by atoms with Crippen LogP contribution in [0.1, 0.15) is 32.0 Å². The summed E-state index contributed by atoms with van der Waals surface area (Å²) in [6, 6.07) is 0.537. The first-order chi connectivity index (χ1) is 8.88. The Labute approximate surface area is 116 Å². The van der Waals surface area contributed by atoms with Gasteiger partial charge in [-0.3, -0.25) is 4.68 Å². The van der Waals surface area contributed by atoms with Crippen molar-refractivity contribution in [1.29, 1.82) is 0 Å². The predicted octanol–water partition coefficient (Wildman–Crippen LogP) is 1.48. The zero-order chi connectivity index (χ0) is 14.6. The highest BCUT2D eigenvalue weighted by Crippen LogP contribution is 2.26. The predicted molar refractivity (Wildman–Crippen MR) is 79.7 cm³/mol. The van der Waals surface area contributed by atoms with Gasteiger partial charge in [0.1, 0.15) is 5.82 Å². The van der Waals surface area contributed by atoms with Gasteiger partial charge >= 0.3 is 0 Å². The van der Waals surface area contributed by atoms with Crippen LogP contribution in [0.25, 0.3) is 0 Å². The van der Waals surface area contributed by atoms with Crippen molar-refractivity contribution < 1.29 is 4.74 Å². The molecule has 2 N–H and O–H groups in total. The number of nitrogens with zero attached hydrogens (tertiary/aromatic N) is 3. The first-order valence-electron chi connectivity index (χ1n) is 6.92. The summed E-state index contributed by atoms with van der Waals surface area (Å²) in [6.45, 7) is 10.0. The number of methoxy groups -OCH3 is 1. The third-order valence-electron chi connectivity index (χ3n) is 3.27. The molecule has 1 unspecified atom stereocenters. The number of rotatable bonds is 7. The lowest BCUT2D eigenvalue weighted by molar-refractivity contribution is 0.203. The van der Waals surface area contributed by atoms with Crippen LogP contribution in [-0.4, -0.2) is 42.1 Å². The standard InChI is InChI=1S/C14H28N4O/c1-10(2)18(7-8-19-6)14-13(9-11(3)15)12(4)16-17(14)5/h10-11H,7-9,15H2,1-6H3. The minimum absolute atomic E-state index is 0.137. The summed E-state index contributed by atoms with van der Waals surface area (Å²) in [5.74, 6) is 1.17. The van der Waals surface area contributed by atoms with Gasteiger partial charge in [-0.25, -0.2) is 0 Å². The quantitative estimate of drug-likeness (QED) is 0.814. The van der Waals surface area contributed by atoms with Crippen LogP contribution in [0.5, 0.6) is 0 Å². The number of ether oxygens (including phenoxy) is 1. The lowest BCUT2D eigenvalue weighted by Gasteiger charge is -2.30. The second kappa shape index (κ2) is 6.91. The molecule has 0 fully saturated rings. The van der Waals surface area contributed by atoms with Gasteiger partial charge in [0.2, 0.25) is 0 Å². The highest BCUT2D eigenvalue weighted by Gasteiger charge is 2.21. The van der Waals surface area contributed by atoms with Gasteiger partial charge in [-0.05, 0) is 34.1 Å². The molecule has 1 aromatic heterocycles. The normalized spacial score (nSPS) is 13.1. The fourth-order valence-corrected chi connectivity index (χ4v) is 2.41. The summed E-state index contributed by atoms with van der Waals surface area (Å²) in [4.78, 5) is 2.33. The molecular formula is C14H28N4O. The SMILES string of the molecule is COCCN(c1c(CC(C)N)c(C)nn1C)C(C)C. The first-order valence-corrected chi connectivity index (χ1v) is 6.92. The number of nitrogens with two attached hydrogens (primary N) is 1. The van der Waals surface area contributed by atoms with E-state index in [0.717, 1.165) is 18.7 Å². The van der Waals surface area contributed by atoms with Gasteiger partial charge in [-0.2, -0.15) is 5.10 Å². The summed E-state index contributed by atoms with van der Waals surface area (Å²) in [5.41, 5.74) is 8.29. The van der Waals surface area contributed by atoms with Crippen LogP contribution >= 0.6 is 0 Å². The van der Waals surface area contributed by atoms with Gasteiger partial charge in [-0.1, -0.05) is 0 Å². The molecule has 0 spiro atoms. The van der Waals surface area contributed by atoms with Crippen molar-refractivity contribution in [3.8, 4) is 0 Å². The second-order valence-electron chi connectivity index (χ2n) is 5.47. The molecule has 0 aromatic carbocycles. The molecule has 0 saturated heterocycles. The van der Waals surface area contributed by atoms with Gasteiger partial charge in [-0.15, -0.1) is 0 Å². The van der Waals surface area contributed by atoms with Crippen molar-refractivity contribution in [3.63, 3.8) is 0 Å². The number of hydrogen-bond acceptors (Lipinski definition) is 4. The number of anilines is 1. The minimum atomic E-state index is 0.137. The van der Waals surface area contributed by atoms with Crippen LogP contribution in [-0.2, 0) is 18.2 Å². The van der Waals surface area contributed by atoms with E-state index < -0.39 is 0 Å². The third kappa shape index (κ3) is 3.94. The molecule has 5 nitrogen and oxygen atoms in total. The van der Waals surface area contributed by atoms with E-state index in [0.29, 0.717) is 12.6 Å². The fraction of sp³-hybridized carbons (Fsp3) is 0.786. The van der Waals surface area contributed by atoms with Crippen molar-refractivity contribution in [1.82, 2.24) is 9.78 Å². The molecule has 1 rings (SSSR count). The zero-order valence-electron chi connectivity index (χ0n) is 13.1. The van der Waals surface area contributed by atoms with E-state index in [1.807, 2.05) is 18.7 Å². The molecule has 0 aliphatic heterocycles. The summed E-state index contributed by atoms with van der Waals surface area (Å²) in [6.07, 6.45) is 0.852. The monoisotopic (exact) mass is 268 g/mol. The van der Waals surface area contributed by atoms with Crippen LogP contribution in [0.15, 0.2) is 0 Å². The summed E-state index contributed by atoms with van der Waals surface area (Å²) in [5, 5.41) is 4.55. The Morgan fingerprint density at radius 1 is 1.37 bits per heavy atom. The highest BCUT2D eigenvalue weighted by molar-refractivity contribution is 5.51. The lowest BCUT2D eigenvalue weighted by atomic mass is 10.1. The van der Waals surface area contributed by atoms with Crippen LogP contribution in [0.4, 0.5) is 5.82 Å². The van der Waals surface area contributed by atoms with Crippen molar-refractivity contribution in [2.24, 2.45) is 12.8 Å². The smallest absolute Gasteiger partial charge is 0.130 e. The summed E-state index contributed by atoms with van der Waals surface area (Å²) < 4.78 is 7.18. The Balaban J connectivity index is 3.13. The molecule has 19 heavy (non-hydrogen) atoms. The van der Waals surface area contributed by atoms with Crippen molar-refractivity contribution in [2.75, 3.05) is 25.2 Å². The molecule has 0 aliphatic carbocycles. The van der Waals surface area contributed by atoms with E-state index in [-0.39, 0.29) is 6.04 Å². The Morgan fingerprint density at radius 2 is 2.00 bits per heavy atom. The van der Waals surface area contributed by atoms with Gasteiger partial charge in [0.05, 0.1) is 12.3 Å². The average molecular weight is 268 g/mol. The first kappa shape index (κ1) is 16.0. The Morgan fingerprint density at radius 3 is 2.47 bits per heavy atom. The van der Waals surface area contributed by atoms with E-state index in [1.165, 1.54) is 11.4 Å². The van der Waals surface area contributed by atoms with Gasteiger partial charge < -0.3 is 15.4 Å². The largest absolute Gasteiger partial charge is 0.383 e. The number of aromatic nitrogens is 2. The zero-order valence-corrected chi connectivity index (χ0v) is 13.1. The molecule has 0 amide bonds. The summed E-state index contributed by atoms with van der Waals surface area (Å²) >= 11 is 0. The minimum Gasteiger partial charge on any atom is -0.383 e. The molecule has 1 atom stereocenters. The lowest BCUT2D eigenvalue weighted by Crippen LogP contribution is -2.36. The molecule has 110 valence electrons. The van der Waals surface area contributed by atoms with E-state index in [4.69, 9.17) is 10.5 Å². The molecule has 0 bridgehead atoms. The molecule has 0 radical (unpaired) electrons. The van der Waals surface area contributed by atoms with Crippen molar-refractivity contribution >= 4 is 5.82 Å². The molecule has 0 aliphatic rings. The van der Waals surface area contributed by atoms with Crippen molar-refractivity contribution in [3.05, 3.63) is 11.3 Å². The maximum absolute atomic E-state index is 5.97. The average Bonchev–Trinajstić information content (AvgIpc) is 2.55. The number of aryl methyl sites for hydroxylation is 2. The Bertz CT molecular complexity index is 398. The van der Waals surface area contributed by atoms with Gasteiger partial charge in [0, 0.05) is 38.3 Å². The molecule has 5 heteroatoms. The fourth-order valence-electron chi connectivity index (χ4n) is 2.41. The molecule has 1 aromatic rings. The number of hydrogen-bond donors (Lipinski definition) is 1. The van der Waals surface area contributed by atoms with Crippen molar-refractivity contribution in [2.45, 2.75) is 46.2 Å². The van der Waals surface area contributed by atoms with Gasteiger partial charge in [0.15, 0.2) is 0 Å². The van der Waals surface area contributed by atoms with Crippen LogP contribution in [0, 0.1) is 6.92 Å². The molecule has 1 heterocycles. The Hall–Kier alpha value is -1.07. The maximum Gasteiger partial charge on any atom is 0.130 e. The van der Waals surface area contributed by atoms with E-state index in [9.17, 15) is 0 Å². The third-order valence-corrected chi connectivity index (χ3v) is 3.27. The van der Waals surface area contributed by atoms with E-state index in [1.54, 1.807) is 7.11 Å². The highest BCUT2D eigenvalue weighted by atomic mass is 16.5. The molecule has 0 saturated carbocycles. The van der Waals surface area contributed by atoms with Crippen LogP contribution in [0.2, 0.25) is 0 Å².